The van der Waals surface area contributed by atoms with Gasteiger partial charge in [-0.3, -0.25) is 0 Å². The van der Waals surface area contributed by atoms with Gasteiger partial charge in [-0.1, -0.05) is 24.3 Å². The van der Waals surface area contributed by atoms with E-state index in [1.54, 1.807) is 46.8 Å². The topological polar surface area (TPSA) is 173 Å². The Morgan fingerprint density at radius 3 is 1.46 bits per heavy atom. The zero-order chi connectivity index (χ0) is 28.8. The van der Waals surface area contributed by atoms with Crippen LogP contribution in [0.3, 0.4) is 0 Å². The zero-order valence-electron chi connectivity index (χ0n) is 22.2. The summed E-state index contributed by atoms with van der Waals surface area (Å²) in [5.74, 6) is 0. The van der Waals surface area contributed by atoms with E-state index in [-0.39, 0.29) is 15.8 Å². The molecule has 0 heterocycles. The smallest absolute Gasteiger partial charge is 0.407 e. The minimum atomic E-state index is -3.28. The lowest BCUT2D eigenvalue weighted by Gasteiger charge is -2.24. The maximum absolute atomic E-state index is 11.7. The number of carbonyl (C=O) groups is 1. The first-order valence-electron chi connectivity index (χ1n) is 11.4. The maximum Gasteiger partial charge on any atom is 0.407 e. The van der Waals surface area contributed by atoms with Crippen molar-refractivity contribution in [3.05, 3.63) is 59.7 Å². The average molecular weight is 559 g/mol. The Morgan fingerprint density at radius 1 is 0.811 bits per heavy atom. The second-order valence-corrected chi connectivity index (χ2v) is 13.9. The molecule has 0 saturated carbocycles. The highest BCUT2D eigenvalue weighted by Gasteiger charge is 2.22. The van der Waals surface area contributed by atoms with Crippen molar-refractivity contribution in [2.45, 2.75) is 74.3 Å². The fourth-order valence-electron chi connectivity index (χ4n) is 2.99. The van der Waals surface area contributed by atoms with Gasteiger partial charge in [0.2, 0.25) is 0 Å². The Labute approximate surface area is 219 Å². The number of hydrogen-bond acceptors (Lipinski definition) is 9. The summed E-state index contributed by atoms with van der Waals surface area (Å²) < 4.78 is 50.2. The number of benzene rings is 2. The van der Waals surface area contributed by atoms with Crippen molar-refractivity contribution in [3.8, 4) is 0 Å². The number of hydrogen-bond donors (Lipinski definition) is 4. The predicted octanol–water partition coefficient (Wildman–Crippen LogP) is 2.51. The van der Waals surface area contributed by atoms with Gasteiger partial charge in [0.15, 0.2) is 19.7 Å². The molecular weight excluding hydrogens is 520 g/mol. The van der Waals surface area contributed by atoms with E-state index in [0.29, 0.717) is 11.1 Å². The molecule has 4 atom stereocenters. The highest BCUT2D eigenvalue weighted by Crippen LogP contribution is 2.20. The number of carbonyl (C=O) groups excluding carboxylic acids is 1. The number of aliphatic hydroxyl groups is 2. The van der Waals surface area contributed by atoms with Gasteiger partial charge < -0.3 is 26.0 Å². The number of ether oxygens (including phenoxy) is 1. The summed E-state index contributed by atoms with van der Waals surface area (Å²) >= 11 is 0. The van der Waals surface area contributed by atoms with Crippen LogP contribution in [0.4, 0.5) is 4.79 Å². The van der Waals surface area contributed by atoms with Crippen LogP contribution in [0.1, 0.15) is 58.0 Å². The van der Waals surface area contributed by atoms with E-state index < -0.39 is 49.6 Å². The van der Waals surface area contributed by atoms with Gasteiger partial charge in [-0.15, -0.1) is 0 Å². The highest BCUT2D eigenvalue weighted by molar-refractivity contribution is 7.91. The van der Waals surface area contributed by atoms with Gasteiger partial charge in [-0.2, -0.15) is 0 Å². The SMILES string of the molecule is C[C@@H](N)[C@H](O)c1ccc(S(C)(=O)=O)cc1.C[C@@H](NC(=O)OC(C)(C)C)[C@H](O)c1ccc(S(C)(=O)=O)cc1. The predicted molar refractivity (Wildman–Crippen MR) is 142 cm³/mol. The van der Waals surface area contributed by atoms with E-state index in [4.69, 9.17) is 10.5 Å². The van der Waals surface area contributed by atoms with Crippen molar-refractivity contribution in [1.82, 2.24) is 5.32 Å². The molecule has 0 aliphatic rings. The highest BCUT2D eigenvalue weighted by atomic mass is 32.2. The maximum atomic E-state index is 11.7. The van der Waals surface area contributed by atoms with Crippen LogP contribution in [0, 0.1) is 0 Å². The van der Waals surface area contributed by atoms with Gasteiger partial charge in [0.1, 0.15) is 5.60 Å². The number of rotatable bonds is 7. The number of nitrogens with two attached hydrogens (primary N) is 1. The van der Waals surface area contributed by atoms with Gasteiger partial charge in [-0.25, -0.2) is 21.6 Å². The van der Waals surface area contributed by atoms with Crippen LogP contribution in [0.5, 0.6) is 0 Å². The summed E-state index contributed by atoms with van der Waals surface area (Å²) in [5.41, 5.74) is 6.04. The van der Waals surface area contributed by atoms with Crippen molar-refractivity contribution in [2.75, 3.05) is 12.5 Å². The molecule has 0 unspecified atom stereocenters. The minimum absolute atomic E-state index is 0.177. The molecule has 37 heavy (non-hydrogen) atoms. The van der Waals surface area contributed by atoms with Crippen LogP contribution < -0.4 is 11.1 Å². The monoisotopic (exact) mass is 558 g/mol. The number of amides is 1. The lowest BCUT2D eigenvalue weighted by molar-refractivity contribution is 0.0435. The molecule has 0 bridgehead atoms. The Bertz CT molecular complexity index is 1240. The summed E-state index contributed by atoms with van der Waals surface area (Å²) in [6.45, 7) is 8.57. The third-order valence-corrected chi connectivity index (χ3v) is 7.27. The molecule has 12 heteroatoms. The summed E-state index contributed by atoms with van der Waals surface area (Å²) in [6.07, 6.45) is -0.0960. The number of nitrogens with one attached hydrogen (secondary N) is 1. The number of sulfone groups is 2. The van der Waals surface area contributed by atoms with Crippen LogP contribution in [-0.4, -0.2) is 63.3 Å². The normalized spacial score (nSPS) is 15.4. The van der Waals surface area contributed by atoms with Crippen LogP contribution in [-0.2, 0) is 24.4 Å². The molecule has 0 fully saturated rings. The van der Waals surface area contributed by atoms with Gasteiger partial charge in [0.05, 0.1) is 28.0 Å². The van der Waals surface area contributed by atoms with Gasteiger partial charge in [0, 0.05) is 18.6 Å². The Balaban J connectivity index is 0.000000397. The largest absolute Gasteiger partial charge is 0.444 e. The third-order valence-electron chi connectivity index (χ3n) is 5.02. The molecule has 2 aromatic carbocycles. The molecule has 0 saturated heterocycles. The molecular formula is C25H38N2O8S2. The van der Waals surface area contributed by atoms with Crippen LogP contribution >= 0.6 is 0 Å². The van der Waals surface area contributed by atoms with E-state index in [2.05, 4.69) is 5.32 Å². The van der Waals surface area contributed by atoms with Crippen molar-refractivity contribution in [2.24, 2.45) is 5.73 Å². The quantitative estimate of drug-likeness (QED) is 0.398. The van der Waals surface area contributed by atoms with Gasteiger partial charge in [-0.05, 0) is 70.0 Å². The number of aliphatic hydroxyl groups excluding tert-OH is 2. The second-order valence-electron chi connectivity index (χ2n) is 9.87. The third kappa shape index (κ3) is 11.2. The molecule has 0 aliphatic carbocycles. The zero-order valence-corrected chi connectivity index (χ0v) is 23.8. The van der Waals surface area contributed by atoms with E-state index in [9.17, 15) is 31.8 Å². The molecule has 2 rings (SSSR count). The Hall–Kier alpha value is -2.51. The summed E-state index contributed by atoms with van der Waals surface area (Å²) in [6, 6.07) is 11.0. The van der Waals surface area contributed by atoms with Crippen molar-refractivity contribution >= 4 is 25.8 Å². The van der Waals surface area contributed by atoms with E-state index in [1.807, 2.05) is 0 Å². The molecule has 5 N–H and O–H groups in total. The standard InChI is InChI=1S/C15H23NO5S.C10H15NO3S/c1-10(16-14(18)21-15(2,3)4)13(17)11-6-8-12(9-7-11)22(5,19)20;1-7(11)10(12)8-3-5-9(6-4-8)15(2,13)14/h6-10,13,17H,1-5H3,(H,16,18);3-7,10,12H,11H2,1-2H3/t10-,13+;7-,10+/m11/s1. The van der Waals surface area contributed by atoms with Crippen LogP contribution in [0.15, 0.2) is 58.3 Å². The Morgan fingerprint density at radius 2 is 1.16 bits per heavy atom. The van der Waals surface area contributed by atoms with E-state index in [0.717, 1.165) is 12.5 Å². The molecule has 0 aromatic heterocycles. The first-order chi connectivity index (χ1) is 16.7. The summed E-state index contributed by atoms with van der Waals surface area (Å²) in [5, 5.41) is 22.4. The van der Waals surface area contributed by atoms with Crippen molar-refractivity contribution in [3.63, 3.8) is 0 Å². The fraction of sp³-hybridized carbons (Fsp3) is 0.480. The van der Waals surface area contributed by atoms with E-state index >= 15 is 0 Å². The molecule has 0 radical (unpaired) electrons. The first kappa shape index (κ1) is 32.5. The van der Waals surface area contributed by atoms with Crippen LogP contribution in [0.2, 0.25) is 0 Å². The summed E-state index contributed by atoms with van der Waals surface area (Å²) in [7, 11) is -6.45. The lowest BCUT2D eigenvalue weighted by atomic mass is 10.0. The first-order valence-corrected chi connectivity index (χ1v) is 15.2. The molecule has 2 aromatic rings. The molecule has 1 amide bonds. The van der Waals surface area contributed by atoms with Gasteiger partial charge >= 0.3 is 6.09 Å². The Kier molecular flexibility index (Phi) is 11.3. The summed E-state index contributed by atoms with van der Waals surface area (Å²) in [4.78, 5) is 12.1. The molecule has 10 nitrogen and oxygen atoms in total. The molecule has 0 aliphatic heterocycles. The molecule has 208 valence electrons. The average Bonchev–Trinajstić information content (AvgIpc) is 2.76. The van der Waals surface area contributed by atoms with Crippen molar-refractivity contribution in [1.29, 1.82) is 0 Å². The molecule has 0 spiro atoms. The fourth-order valence-corrected chi connectivity index (χ4v) is 4.25. The second kappa shape index (κ2) is 12.8. The van der Waals surface area contributed by atoms with Crippen LogP contribution in [0.25, 0.3) is 0 Å². The van der Waals surface area contributed by atoms with E-state index in [1.165, 1.54) is 36.4 Å². The van der Waals surface area contributed by atoms with Gasteiger partial charge in [0.25, 0.3) is 0 Å². The number of alkyl carbamates (subject to hydrolysis) is 1. The van der Waals surface area contributed by atoms with Crippen molar-refractivity contribution < 1.29 is 36.6 Å². The minimum Gasteiger partial charge on any atom is -0.444 e. The lowest BCUT2D eigenvalue weighted by Crippen LogP contribution is -2.40.